The van der Waals surface area contributed by atoms with Crippen LogP contribution in [0, 0.1) is 5.92 Å². The van der Waals surface area contributed by atoms with Crippen molar-refractivity contribution in [3.8, 4) is 0 Å². The summed E-state index contributed by atoms with van der Waals surface area (Å²) in [6.07, 6.45) is 0. The van der Waals surface area contributed by atoms with Gasteiger partial charge in [-0.05, 0) is 60.0 Å². The maximum absolute atomic E-state index is 14.7. The lowest BCUT2D eigenvalue weighted by Crippen LogP contribution is -2.22. The van der Waals surface area contributed by atoms with Crippen molar-refractivity contribution in [3.05, 3.63) is 88.9 Å². The molecule has 0 unspecified atom stereocenters. The molecule has 0 heterocycles. The van der Waals surface area contributed by atoms with Gasteiger partial charge in [0.05, 0.1) is 6.61 Å². The van der Waals surface area contributed by atoms with Crippen molar-refractivity contribution in [3.63, 3.8) is 0 Å². The molecule has 0 bridgehead atoms. The lowest BCUT2D eigenvalue weighted by atomic mass is 10.2. The predicted molar refractivity (Wildman–Crippen MR) is 136 cm³/mol. The molecule has 0 aliphatic heterocycles. The van der Waals surface area contributed by atoms with E-state index in [1.807, 2.05) is 97.9 Å². The average molecular weight is 501 g/mol. The van der Waals surface area contributed by atoms with E-state index in [1.54, 1.807) is 0 Å². The van der Waals surface area contributed by atoms with Crippen LogP contribution in [-0.4, -0.2) is 20.7 Å². The van der Waals surface area contributed by atoms with Crippen LogP contribution < -0.4 is 15.5 Å². The number of hydrogen-bond acceptors (Lipinski definition) is 4. The van der Waals surface area contributed by atoms with Crippen LogP contribution in [0.25, 0.3) is 0 Å². The van der Waals surface area contributed by atoms with Crippen molar-refractivity contribution in [2.45, 2.75) is 19.6 Å². The lowest BCUT2D eigenvalue weighted by Gasteiger charge is -2.31. The molecule has 4 nitrogen and oxygen atoms in total. The van der Waals surface area contributed by atoms with Crippen molar-refractivity contribution >= 4 is 40.0 Å². The minimum Gasteiger partial charge on any atom is -0.378 e. The highest BCUT2D eigenvalue weighted by Crippen LogP contribution is 2.59. The quantitative estimate of drug-likeness (QED) is 0.324. The summed E-state index contributed by atoms with van der Waals surface area (Å²) in [5.74, 6) is -0.261. The van der Waals surface area contributed by atoms with Crippen LogP contribution in [0.15, 0.2) is 83.3 Å². The second-order valence-electron chi connectivity index (χ2n) is 8.16. The molecule has 3 aromatic carbocycles. The van der Waals surface area contributed by atoms with Crippen LogP contribution in [0.1, 0.15) is 25.2 Å². The van der Waals surface area contributed by atoms with E-state index in [0.29, 0.717) is 11.9 Å². The Kier molecular flexibility index (Phi) is 7.99. The highest BCUT2D eigenvalue weighted by atomic mass is 79.9. The summed E-state index contributed by atoms with van der Waals surface area (Å²) in [7, 11) is 0.650. The number of halogens is 1. The number of nitrogens with one attached hydrogen (secondary N) is 1. The Balaban J connectivity index is 2.11. The number of hydrogen-bond donors (Lipinski definition) is 1. The minimum absolute atomic E-state index is 0.261. The standard InChI is InChI=1S/C25H30BrN2O2P/c1-19(2)18-30-31(29,24-16-14-23(15-17-24)28(3)4)25(20-10-12-21(26)13-11-20)27-22-8-6-5-7-9-22/h5-17,19,25,27H,18H2,1-4H3/t25-,31-/m0/s1. The zero-order chi connectivity index (χ0) is 22.4. The van der Waals surface area contributed by atoms with Crippen molar-refractivity contribution in [2.75, 3.05) is 30.9 Å². The number of para-hydroxylation sites is 1. The van der Waals surface area contributed by atoms with Crippen LogP contribution in [0.2, 0.25) is 0 Å². The first-order valence-electron chi connectivity index (χ1n) is 10.4. The van der Waals surface area contributed by atoms with Crippen molar-refractivity contribution in [1.29, 1.82) is 0 Å². The number of benzene rings is 3. The van der Waals surface area contributed by atoms with Crippen LogP contribution in [-0.2, 0) is 9.09 Å². The van der Waals surface area contributed by atoms with Gasteiger partial charge in [0, 0.05) is 35.2 Å². The molecule has 0 spiro atoms. The summed E-state index contributed by atoms with van der Waals surface area (Å²) in [6.45, 7) is 4.55. The zero-order valence-corrected chi connectivity index (χ0v) is 20.9. The first-order chi connectivity index (χ1) is 14.8. The summed E-state index contributed by atoms with van der Waals surface area (Å²) >= 11 is 3.50. The minimum atomic E-state index is -3.33. The molecule has 0 aromatic heterocycles. The molecule has 0 saturated carbocycles. The Hall–Kier alpha value is -2.07. The summed E-state index contributed by atoms with van der Waals surface area (Å²) in [5.41, 5.74) is 2.86. The van der Waals surface area contributed by atoms with Crippen LogP contribution in [0.5, 0.6) is 0 Å². The first-order valence-corrected chi connectivity index (χ1v) is 12.9. The number of anilines is 2. The van der Waals surface area contributed by atoms with E-state index in [1.165, 1.54) is 0 Å². The highest BCUT2D eigenvalue weighted by Gasteiger charge is 2.38. The molecule has 1 N–H and O–H groups in total. The Morgan fingerprint density at radius 2 is 1.55 bits per heavy atom. The molecule has 6 heteroatoms. The van der Waals surface area contributed by atoms with E-state index in [2.05, 4.69) is 35.1 Å². The Morgan fingerprint density at radius 3 is 2.10 bits per heavy atom. The van der Waals surface area contributed by atoms with Gasteiger partial charge in [0.1, 0.15) is 5.78 Å². The Morgan fingerprint density at radius 1 is 0.935 bits per heavy atom. The Labute approximate surface area is 194 Å². The van der Waals surface area contributed by atoms with Crippen LogP contribution in [0.4, 0.5) is 11.4 Å². The summed E-state index contributed by atoms with van der Waals surface area (Å²) < 4.78 is 21.9. The van der Waals surface area contributed by atoms with Gasteiger partial charge in [-0.2, -0.15) is 0 Å². The molecule has 0 fully saturated rings. The monoisotopic (exact) mass is 500 g/mol. The van der Waals surface area contributed by atoms with Gasteiger partial charge in [0.25, 0.3) is 7.37 Å². The van der Waals surface area contributed by atoms with Gasteiger partial charge in [0.2, 0.25) is 0 Å². The van der Waals surface area contributed by atoms with E-state index in [-0.39, 0.29) is 5.92 Å². The topological polar surface area (TPSA) is 41.6 Å². The van der Waals surface area contributed by atoms with Gasteiger partial charge in [-0.25, -0.2) is 0 Å². The summed E-state index contributed by atoms with van der Waals surface area (Å²) in [5, 5.41) is 4.20. The van der Waals surface area contributed by atoms with Crippen LogP contribution in [0.3, 0.4) is 0 Å². The predicted octanol–water partition coefficient (Wildman–Crippen LogP) is 6.90. The molecular formula is C25H30BrN2O2P. The van der Waals surface area contributed by atoms with Gasteiger partial charge >= 0.3 is 0 Å². The van der Waals surface area contributed by atoms with Crippen molar-refractivity contribution in [1.82, 2.24) is 0 Å². The molecule has 0 saturated heterocycles. The van der Waals surface area contributed by atoms with Gasteiger partial charge in [-0.1, -0.05) is 60.1 Å². The van der Waals surface area contributed by atoms with Crippen LogP contribution >= 0.6 is 23.3 Å². The van der Waals surface area contributed by atoms with Crippen molar-refractivity contribution < 1.29 is 9.09 Å². The van der Waals surface area contributed by atoms with E-state index in [4.69, 9.17) is 4.52 Å². The first kappa shape index (κ1) is 23.6. The van der Waals surface area contributed by atoms with Gasteiger partial charge in [0.15, 0.2) is 0 Å². The second-order valence-corrected chi connectivity index (χ2v) is 11.6. The third kappa shape index (κ3) is 6.00. The van der Waals surface area contributed by atoms with Gasteiger partial charge in [-0.3, -0.25) is 4.57 Å². The smallest absolute Gasteiger partial charge is 0.258 e. The third-order valence-corrected chi connectivity index (χ3v) is 8.11. The highest BCUT2D eigenvalue weighted by molar-refractivity contribution is 9.10. The fraction of sp³-hybridized carbons (Fsp3) is 0.280. The number of nitrogens with zero attached hydrogens (tertiary/aromatic N) is 1. The molecule has 2 atom stereocenters. The van der Waals surface area contributed by atoms with E-state index >= 15 is 0 Å². The van der Waals surface area contributed by atoms with E-state index < -0.39 is 13.2 Å². The maximum atomic E-state index is 14.7. The Bertz CT molecular complexity index is 1010. The fourth-order valence-corrected chi connectivity index (χ4v) is 6.05. The normalized spacial score (nSPS) is 14.1. The average Bonchev–Trinajstić information content (AvgIpc) is 2.77. The molecular weight excluding hydrogens is 471 g/mol. The molecule has 0 amide bonds. The third-order valence-electron chi connectivity index (χ3n) is 4.93. The molecule has 0 aliphatic rings. The fourth-order valence-electron chi connectivity index (χ4n) is 3.22. The van der Waals surface area contributed by atoms with E-state index in [0.717, 1.165) is 21.4 Å². The summed E-state index contributed by atoms with van der Waals surface area (Å²) in [4.78, 5) is 2.03. The zero-order valence-electron chi connectivity index (χ0n) is 18.5. The SMILES string of the molecule is CC(C)CO[P@@](=O)(c1ccc(N(C)C)cc1)[C@H](Nc1ccccc1)c1ccc(Br)cc1. The molecule has 31 heavy (non-hydrogen) atoms. The molecule has 0 radical (unpaired) electrons. The number of rotatable bonds is 9. The molecule has 0 aliphatic carbocycles. The molecule has 3 rings (SSSR count). The molecule has 164 valence electrons. The summed E-state index contributed by atoms with van der Waals surface area (Å²) in [6, 6.07) is 25.6. The largest absolute Gasteiger partial charge is 0.378 e. The van der Waals surface area contributed by atoms with Gasteiger partial charge in [-0.15, -0.1) is 0 Å². The lowest BCUT2D eigenvalue weighted by molar-refractivity contribution is 0.272. The van der Waals surface area contributed by atoms with Gasteiger partial charge < -0.3 is 14.7 Å². The second kappa shape index (κ2) is 10.5. The maximum Gasteiger partial charge on any atom is 0.258 e. The van der Waals surface area contributed by atoms with E-state index in [9.17, 15) is 4.57 Å². The molecule has 3 aromatic rings. The van der Waals surface area contributed by atoms with Crippen molar-refractivity contribution in [2.24, 2.45) is 5.92 Å².